The van der Waals surface area contributed by atoms with Gasteiger partial charge in [0.25, 0.3) is 0 Å². The van der Waals surface area contributed by atoms with Gasteiger partial charge in [0.05, 0.1) is 0 Å². The van der Waals surface area contributed by atoms with Crippen LogP contribution in [0.3, 0.4) is 0 Å². The van der Waals surface area contributed by atoms with Gasteiger partial charge in [-0.05, 0) is 30.5 Å². The number of allylic oxidation sites excluding steroid dienone is 4. The first-order chi connectivity index (χ1) is 6.75. The summed E-state index contributed by atoms with van der Waals surface area (Å²) in [6.45, 7) is 6.59. The summed E-state index contributed by atoms with van der Waals surface area (Å²) in [5.41, 5.74) is 5.79. The van der Waals surface area contributed by atoms with Crippen molar-refractivity contribution in [2.75, 3.05) is 0 Å². The van der Waals surface area contributed by atoms with Crippen LogP contribution in [0.2, 0.25) is 0 Å². The molecule has 1 atom stereocenters. The van der Waals surface area contributed by atoms with Crippen LogP contribution in [-0.2, 0) is 0 Å². The molecule has 0 amide bonds. The molecule has 14 heavy (non-hydrogen) atoms. The van der Waals surface area contributed by atoms with Crippen molar-refractivity contribution in [2.24, 2.45) is 0 Å². The lowest BCUT2D eigenvalue weighted by Crippen LogP contribution is -1.88. The Morgan fingerprint density at radius 3 is 2.64 bits per heavy atom. The number of hydrogen-bond acceptors (Lipinski definition) is 0. The topological polar surface area (TPSA) is 0 Å². The molecule has 0 aliphatic heterocycles. The highest BCUT2D eigenvalue weighted by atomic mass is 14.3. The maximum absolute atomic E-state index is 2.28. The second-order valence-electron chi connectivity index (χ2n) is 3.91. The molecular formula is C14H16. The number of hydrogen-bond donors (Lipinski definition) is 0. The molecule has 1 aromatic rings. The van der Waals surface area contributed by atoms with E-state index in [4.69, 9.17) is 0 Å². The fraction of sp³-hybridized carbons (Fsp3) is 0.286. The van der Waals surface area contributed by atoms with Gasteiger partial charge in [0.1, 0.15) is 0 Å². The molecule has 1 aliphatic carbocycles. The molecule has 0 nitrogen and oxygen atoms in total. The second-order valence-corrected chi connectivity index (χ2v) is 3.91. The lowest BCUT2D eigenvalue weighted by atomic mass is 9.99. The lowest BCUT2D eigenvalue weighted by Gasteiger charge is -2.05. The molecule has 0 fully saturated rings. The molecule has 0 spiro atoms. The molecule has 72 valence electrons. The van der Waals surface area contributed by atoms with Gasteiger partial charge in [0, 0.05) is 5.92 Å². The minimum Gasteiger partial charge on any atom is -0.0870 e. The summed E-state index contributed by atoms with van der Waals surface area (Å²) in [7, 11) is 0. The molecule has 0 radical (unpaired) electrons. The first-order valence-corrected chi connectivity index (χ1v) is 5.18. The van der Waals surface area contributed by atoms with E-state index >= 15 is 0 Å². The summed E-state index contributed by atoms with van der Waals surface area (Å²) in [6.07, 6.45) is 4.34. The van der Waals surface area contributed by atoms with E-state index in [9.17, 15) is 0 Å². The van der Waals surface area contributed by atoms with Crippen LogP contribution >= 0.6 is 0 Å². The minimum absolute atomic E-state index is 0.581. The van der Waals surface area contributed by atoms with Crippen molar-refractivity contribution >= 4 is 5.57 Å². The molecule has 1 unspecified atom stereocenters. The van der Waals surface area contributed by atoms with Gasteiger partial charge < -0.3 is 0 Å². The second kappa shape index (κ2) is 3.45. The summed E-state index contributed by atoms with van der Waals surface area (Å²) >= 11 is 0. The van der Waals surface area contributed by atoms with E-state index < -0.39 is 0 Å². The monoisotopic (exact) mass is 184 g/mol. The zero-order chi connectivity index (χ0) is 10.1. The highest BCUT2D eigenvalue weighted by Crippen LogP contribution is 2.41. The summed E-state index contributed by atoms with van der Waals surface area (Å²) in [5, 5.41) is 0. The van der Waals surface area contributed by atoms with E-state index in [1.54, 1.807) is 0 Å². The van der Waals surface area contributed by atoms with Crippen LogP contribution in [0.5, 0.6) is 0 Å². The average molecular weight is 184 g/mol. The van der Waals surface area contributed by atoms with E-state index in [0.29, 0.717) is 5.92 Å². The Hall–Kier alpha value is -1.30. The van der Waals surface area contributed by atoms with Crippen molar-refractivity contribution in [2.45, 2.75) is 26.7 Å². The summed E-state index contributed by atoms with van der Waals surface area (Å²) in [4.78, 5) is 0. The van der Waals surface area contributed by atoms with Crippen molar-refractivity contribution in [3.05, 3.63) is 53.1 Å². The van der Waals surface area contributed by atoms with Crippen LogP contribution in [0.25, 0.3) is 5.57 Å². The third kappa shape index (κ3) is 1.22. The Labute approximate surface area is 86.0 Å². The van der Waals surface area contributed by atoms with E-state index in [1.807, 2.05) is 0 Å². The van der Waals surface area contributed by atoms with E-state index in [-0.39, 0.29) is 0 Å². The number of benzene rings is 1. The highest BCUT2D eigenvalue weighted by molar-refractivity contribution is 5.83. The van der Waals surface area contributed by atoms with E-state index in [0.717, 1.165) is 0 Å². The molecule has 2 rings (SSSR count). The zero-order valence-corrected chi connectivity index (χ0v) is 9.04. The van der Waals surface area contributed by atoms with Crippen molar-refractivity contribution in [1.82, 2.24) is 0 Å². The number of fused-ring (bicyclic) bond motifs is 1. The van der Waals surface area contributed by atoms with Crippen LogP contribution in [0.4, 0.5) is 0 Å². The van der Waals surface area contributed by atoms with Crippen molar-refractivity contribution < 1.29 is 0 Å². The molecule has 0 bridgehead atoms. The average Bonchev–Trinajstić information content (AvgIpc) is 2.45. The maximum atomic E-state index is 2.28. The van der Waals surface area contributed by atoms with Crippen molar-refractivity contribution in [3.8, 4) is 0 Å². The molecule has 0 saturated carbocycles. The van der Waals surface area contributed by atoms with Crippen LogP contribution in [0.15, 0.2) is 42.0 Å². The molecule has 0 heteroatoms. The summed E-state index contributed by atoms with van der Waals surface area (Å²) in [6, 6.07) is 8.70. The molecule has 1 aliphatic rings. The predicted molar refractivity (Wildman–Crippen MR) is 62.3 cm³/mol. The van der Waals surface area contributed by atoms with Gasteiger partial charge in [-0.25, -0.2) is 0 Å². The van der Waals surface area contributed by atoms with Crippen molar-refractivity contribution in [3.63, 3.8) is 0 Å². The van der Waals surface area contributed by atoms with E-state index in [1.165, 1.54) is 22.3 Å². The highest BCUT2D eigenvalue weighted by Gasteiger charge is 2.22. The lowest BCUT2D eigenvalue weighted by molar-refractivity contribution is 0.920. The molecule has 0 aromatic heterocycles. The summed E-state index contributed by atoms with van der Waals surface area (Å²) in [5.74, 6) is 0.581. The molecule has 0 saturated heterocycles. The Balaban J connectivity index is 2.60. The fourth-order valence-electron chi connectivity index (χ4n) is 2.19. The smallest absolute Gasteiger partial charge is 0.00324 e. The van der Waals surface area contributed by atoms with Gasteiger partial charge in [0.2, 0.25) is 0 Å². The Kier molecular flexibility index (Phi) is 2.28. The maximum Gasteiger partial charge on any atom is 0.00324 e. The van der Waals surface area contributed by atoms with Crippen LogP contribution < -0.4 is 0 Å². The van der Waals surface area contributed by atoms with Gasteiger partial charge in [-0.3, -0.25) is 0 Å². The van der Waals surface area contributed by atoms with Crippen LogP contribution in [-0.4, -0.2) is 0 Å². The van der Waals surface area contributed by atoms with E-state index in [2.05, 4.69) is 57.2 Å². The molecular weight excluding hydrogens is 168 g/mol. The standard InChI is InChI=1S/C14H16/c1-4-7-12-10(2)11(3)13-8-5-6-9-14(12)13/h4-9,11H,1-3H3/b7-4-. The predicted octanol–water partition coefficient (Wildman–Crippen LogP) is 4.15. The Bertz CT molecular complexity index is 408. The first kappa shape index (κ1) is 9.26. The molecule has 0 N–H and O–H groups in total. The van der Waals surface area contributed by atoms with Gasteiger partial charge in [-0.1, -0.05) is 48.9 Å². The molecule has 1 aromatic carbocycles. The van der Waals surface area contributed by atoms with Gasteiger partial charge in [-0.15, -0.1) is 0 Å². The third-order valence-corrected chi connectivity index (χ3v) is 3.13. The number of rotatable bonds is 1. The van der Waals surface area contributed by atoms with Gasteiger partial charge in [0.15, 0.2) is 0 Å². The largest absolute Gasteiger partial charge is 0.0870 e. The summed E-state index contributed by atoms with van der Waals surface area (Å²) < 4.78 is 0. The third-order valence-electron chi connectivity index (χ3n) is 3.13. The van der Waals surface area contributed by atoms with Crippen LogP contribution in [0.1, 0.15) is 37.8 Å². The SMILES string of the molecule is C/C=C\C1=C(C)C(C)c2ccccc21. The van der Waals surface area contributed by atoms with Crippen LogP contribution in [0, 0.1) is 0 Å². The van der Waals surface area contributed by atoms with Gasteiger partial charge >= 0.3 is 0 Å². The molecule has 0 heterocycles. The Morgan fingerprint density at radius 2 is 1.93 bits per heavy atom. The quantitative estimate of drug-likeness (QED) is 0.615. The zero-order valence-electron chi connectivity index (χ0n) is 9.04. The normalized spacial score (nSPS) is 20.6. The van der Waals surface area contributed by atoms with Crippen molar-refractivity contribution in [1.29, 1.82) is 0 Å². The first-order valence-electron chi connectivity index (χ1n) is 5.18. The fourth-order valence-corrected chi connectivity index (χ4v) is 2.19. The van der Waals surface area contributed by atoms with Gasteiger partial charge in [-0.2, -0.15) is 0 Å². The minimum atomic E-state index is 0.581. The Morgan fingerprint density at radius 1 is 1.21 bits per heavy atom.